The number of thiophene rings is 1. The summed E-state index contributed by atoms with van der Waals surface area (Å²) in [4.78, 5) is 15.4. The fourth-order valence-corrected chi connectivity index (χ4v) is 3.11. The van der Waals surface area contributed by atoms with Crippen LogP contribution in [0.3, 0.4) is 0 Å². The molecule has 0 amide bonds. The molecule has 0 fully saturated rings. The van der Waals surface area contributed by atoms with Gasteiger partial charge in [-0.05, 0) is 19.1 Å². The molecule has 0 aromatic carbocycles. The predicted molar refractivity (Wildman–Crippen MR) is 70.4 cm³/mol. The van der Waals surface area contributed by atoms with Gasteiger partial charge in [-0.3, -0.25) is 0 Å². The van der Waals surface area contributed by atoms with Gasteiger partial charge in [-0.2, -0.15) is 13.2 Å². The zero-order valence-electron chi connectivity index (χ0n) is 9.90. The molecule has 2 rings (SSSR count). The van der Waals surface area contributed by atoms with E-state index in [1.54, 1.807) is 6.92 Å². The number of carbonyl (C=O) groups excluding carboxylic acids is 1. The number of hydrogen-bond donors (Lipinski definition) is 0. The first-order valence-electron chi connectivity index (χ1n) is 5.22. The molecule has 0 aliphatic rings. The lowest BCUT2D eigenvalue weighted by Gasteiger charge is -2.18. The van der Waals surface area contributed by atoms with E-state index in [4.69, 9.17) is 11.6 Å². The van der Waals surface area contributed by atoms with Crippen molar-refractivity contribution in [2.75, 3.05) is 0 Å². The predicted octanol–water partition coefficient (Wildman–Crippen LogP) is 4.63. The van der Waals surface area contributed by atoms with Gasteiger partial charge in [0.1, 0.15) is 9.88 Å². The topological polar surface area (TPSA) is 39.2 Å². The Morgan fingerprint density at radius 1 is 1.45 bits per heavy atom. The van der Waals surface area contributed by atoms with Gasteiger partial charge in [-0.1, -0.05) is 11.6 Å². The van der Waals surface area contributed by atoms with Crippen LogP contribution in [0.5, 0.6) is 0 Å². The maximum atomic E-state index is 13.0. The number of hydrogen-bond acceptors (Lipinski definition) is 5. The lowest BCUT2D eigenvalue weighted by atomic mass is 10.3. The summed E-state index contributed by atoms with van der Waals surface area (Å²) in [6, 6.07) is 2.73. The smallest absolute Gasteiger partial charge is 0.432 e. The molecule has 3 nitrogen and oxygen atoms in total. The first-order chi connectivity index (χ1) is 9.27. The molecule has 0 aliphatic heterocycles. The van der Waals surface area contributed by atoms with E-state index in [0.29, 0.717) is 10.0 Å². The van der Waals surface area contributed by atoms with Crippen LogP contribution in [0.1, 0.15) is 26.5 Å². The molecule has 1 unspecified atom stereocenters. The monoisotopic (exact) mass is 341 g/mol. The normalized spacial score (nSPS) is 13.2. The number of aromatic nitrogens is 1. The molecule has 0 spiro atoms. The molecule has 0 aliphatic carbocycles. The van der Waals surface area contributed by atoms with Gasteiger partial charge in [0.2, 0.25) is 6.10 Å². The van der Waals surface area contributed by atoms with Crippen molar-refractivity contribution >= 4 is 40.2 Å². The van der Waals surface area contributed by atoms with E-state index >= 15 is 0 Å². The molecule has 0 N–H and O–H groups in total. The molecule has 0 radical (unpaired) electrons. The van der Waals surface area contributed by atoms with Crippen LogP contribution in [0.25, 0.3) is 0 Å². The second-order valence-electron chi connectivity index (χ2n) is 3.76. The second kappa shape index (κ2) is 5.71. The molecule has 2 heterocycles. The van der Waals surface area contributed by atoms with Gasteiger partial charge >= 0.3 is 12.1 Å². The van der Waals surface area contributed by atoms with Gasteiger partial charge in [0.05, 0.1) is 4.34 Å². The van der Waals surface area contributed by atoms with Gasteiger partial charge in [0, 0.05) is 11.1 Å². The lowest BCUT2D eigenvalue weighted by Crippen LogP contribution is -2.26. The van der Waals surface area contributed by atoms with E-state index in [9.17, 15) is 18.0 Å². The van der Waals surface area contributed by atoms with E-state index in [1.807, 2.05) is 0 Å². The Labute approximate surface area is 125 Å². The molecular formula is C11H7ClF3NO2S2. The van der Waals surface area contributed by atoms with E-state index < -0.39 is 18.2 Å². The number of esters is 1. The Morgan fingerprint density at radius 2 is 2.15 bits per heavy atom. The van der Waals surface area contributed by atoms with Crippen molar-refractivity contribution in [2.24, 2.45) is 0 Å². The number of rotatable bonds is 3. The van der Waals surface area contributed by atoms with E-state index in [1.165, 1.54) is 17.5 Å². The standard InChI is InChI=1S/C11H7ClF3NO2S2/c1-5-4-19-9(16-5)8(11(13,14)15)18-10(17)6-2-3-7(12)20-6/h2-4,8H,1H3. The van der Waals surface area contributed by atoms with Crippen LogP contribution in [0.2, 0.25) is 4.34 Å². The number of alkyl halides is 3. The summed E-state index contributed by atoms with van der Waals surface area (Å²) in [5.74, 6) is -1.07. The Bertz CT molecular complexity index is 623. The summed E-state index contributed by atoms with van der Waals surface area (Å²) in [5.41, 5.74) is 0.439. The van der Waals surface area contributed by atoms with Gasteiger partial charge < -0.3 is 4.74 Å². The fourth-order valence-electron chi connectivity index (χ4n) is 1.34. The van der Waals surface area contributed by atoms with Crippen molar-refractivity contribution in [1.82, 2.24) is 4.98 Å². The minimum Gasteiger partial charge on any atom is -0.441 e. The van der Waals surface area contributed by atoms with Crippen molar-refractivity contribution in [3.63, 3.8) is 0 Å². The molecule has 20 heavy (non-hydrogen) atoms. The maximum absolute atomic E-state index is 13.0. The summed E-state index contributed by atoms with van der Waals surface area (Å²) in [5, 5.41) is 1.16. The van der Waals surface area contributed by atoms with E-state index in [-0.39, 0.29) is 9.88 Å². The minimum absolute atomic E-state index is 0.0116. The minimum atomic E-state index is -4.72. The molecule has 9 heteroatoms. The van der Waals surface area contributed by atoms with Crippen molar-refractivity contribution in [3.8, 4) is 0 Å². The Hall–Kier alpha value is -1.12. The third-order valence-corrected chi connectivity index (χ3v) is 4.37. The van der Waals surface area contributed by atoms with Crippen molar-refractivity contribution in [2.45, 2.75) is 19.2 Å². The lowest BCUT2D eigenvalue weighted by molar-refractivity contribution is -0.207. The number of thiazole rings is 1. The van der Waals surface area contributed by atoms with Gasteiger partial charge in [-0.25, -0.2) is 9.78 Å². The maximum Gasteiger partial charge on any atom is 0.432 e. The third-order valence-electron chi connectivity index (χ3n) is 2.16. The summed E-state index contributed by atoms with van der Waals surface area (Å²) in [6.45, 7) is 1.56. The molecular weight excluding hydrogens is 335 g/mol. The quantitative estimate of drug-likeness (QED) is 0.764. The van der Waals surface area contributed by atoms with Crippen LogP contribution < -0.4 is 0 Å². The number of carbonyl (C=O) groups is 1. The second-order valence-corrected chi connectivity index (χ2v) is 6.36. The fraction of sp³-hybridized carbons (Fsp3) is 0.273. The van der Waals surface area contributed by atoms with Crippen LogP contribution in [-0.4, -0.2) is 17.1 Å². The molecule has 1 atom stereocenters. The first-order valence-corrected chi connectivity index (χ1v) is 7.30. The van der Waals surface area contributed by atoms with E-state index in [2.05, 4.69) is 9.72 Å². The average Bonchev–Trinajstić information content (AvgIpc) is 2.93. The summed E-state index contributed by atoms with van der Waals surface area (Å²) < 4.78 is 43.7. The van der Waals surface area contributed by atoms with Crippen molar-refractivity contribution < 1.29 is 22.7 Å². The number of halogens is 4. The molecule has 2 aromatic heterocycles. The van der Waals surface area contributed by atoms with Crippen molar-refractivity contribution in [3.05, 3.63) is 37.4 Å². The molecule has 108 valence electrons. The number of aryl methyl sites for hydroxylation is 1. The van der Waals surface area contributed by atoms with Gasteiger partial charge in [-0.15, -0.1) is 22.7 Å². The summed E-state index contributed by atoms with van der Waals surface area (Å²) in [6.07, 6.45) is -7.09. The van der Waals surface area contributed by atoms with Gasteiger partial charge in [0.25, 0.3) is 0 Å². The highest BCUT2D eigenvalue weighted by atomic mass is 35.5. The van der Waals surface area contributed by atoms with E-state index in [0.717, 1.165) is 22.7 Å². The van der Waals surface area contributed by atoms with Crippen LogP contribution in [-0.2, 0) is 4.74 Å². The van der Waals surface area contributed by atoms with Crippen LogP contribution in [0, 0.1) is 6.92 Å². The SMILES string of the molecule is Cc1csc(C(OC(=O)c2ccc(Cl)s2)C(F)(F)F)n1. The summed E-state index contributed by atoms with van der Waals surface area (Å²) in [7, 11) is 0. The first kappa shape index (κ1) is 15.3. The molecule has 0 saturated heterocycles. The van der Waals surface area contributed by atoms with Crippen LogP contribution in [0.15, 0.2) is 17.5 Å². The average molecular weight is 342 g/mol. The zero-order valence-corrected chi connectivity index (χ0v) is 12.3. The molecule has 0 saturated carbocycles. The highest BCUT2D eigenvalue weighted by Gasteiger charge is 2.46. The number of ether oxygens (including phenoxy) is 1. The summed E-state index contributed by atoms with van der Waals surface area (Å²) >= 11 is 7.28. The largest absolute Gasteiger partial charge is 0.441 e. The Balaban J connectivity index is 2.23. The van der Waals surface area contributed by atoms with Crippen LogP contribution in [0.4, 0.5) is 13.2 Å². The highest BCUT2D eigenvalue weighted by Crippen LogP contribution is 2.38. The Morgan fingerprint density at radius 3 is 2.60 bits per heavy atom. The number of nitrogens with zero attached hydrogens (tertiary/aromatic N) is 1. The van der Waals surface area contributed by atoms with Crippen LogP contribution >= 0.6 is 34.3 Å². The highest BCUT2D eigenvalue weighted by molar-refractivity contribution is 7.17. The molecule has 0 bridgehead atoms. The third kappa shape index (κ3) is 3.50. The molecule has 2 aromatic rings. The zero-order chi connectivity index (χ0) is 14.9. The van der Waals surface area contributed by atoms with Crippen molar-refractivity contribution in [1.29, 1.82) is 0 Å². The Kier molecular flexibility index (Phi) is 4.36. The van der Waals surface area contributed by atoms with Gasteiger partial charge in [0.15, 0.2) is 0 Å².